The van der Waals surface area contributed by atoms with Crippen molar-refractivity contribution in [3.05, 3.63) is 11.6 Å². The minimum absolute atomic E-state index is 0.736. The van der Waals surface area contributed by atoms with Gasteiger partial charge in [-0.05, 0) is 25.8 Å². The van der Waals surface area contributed by atoms with Crippen LogP contribution in [0.4, 0.5) is 0 Å². The lowest BCUT2D eigenvalue weighted by molar-refractivity contribution is 0.472. The molecular weight excluding hydrogens is 176 g/mol. The van der Waals surface area contributed by atoms with Crippen LogP contribution in [0.15, 0.2) is 0 Å². The summed E-state index contributed by atoms with van der Waals surface area (Å²) in [7, 11) is 0. The van der Waals surface area contributed by atoms with Gasteiger partial charge in [0.2, 0.25) is 0 Å². The number of nitrogens with one attached hydrogen (secondary N) is 2. The van der Waals surface area contributed by atoms with Gasteiger partial charge in [-0.2, -0.15) is 5.10 Å². The topological polar surface area (TPSA) is 53.6 Å². The highest BCUT2D eigenvalue weighted by Gasteiger charge is 2.02. The second-order valence-electron chi connectivity index (χ2n) is 3.86. The molecule has 0 saturated heterocycles. The molecule has 0 radical (unpaired) electrons. The van der Waals surface area contributed by atoms with Crippen molar-refractivity contribution in [3.63, 3.8) is 0 Å². The van der Waals surface area contributed by atoms with Crippen LogP contribution in [0.25, 0.3) is 0 Å². The van der Waals surface area contributed by atoms with Crippen LogP contribution in [-0.2, 0) is 6.54 Å². The van der Waals surface area contributed by atoms with E-state index in [9.17, 15) is 0 Å². The fourth-order valence-corrected chi connectivity index (χ4v) is 1.49. The SMILES string of the molecule is CCCC(C)CNCc1n[nH]c(C)n1. The molecule has 1 aromatic rings. The average molecular weight is 196 g/mol. The van der Waals surface area contributed by atoms with Crippen LogP contribution in [-0.4, -0.2) is 21.7 Å². The zero-order valence-corrected chi connectivity index (χ0v) is 9.30. The quantitative estimate of drug-likeness (QED) is 0.727. The van der Waals surface area contributed by atoms with Crippen molar-refractivity contribution in [2.75, 3.05) is 6.54 Å². The largest absolute Gasteiger partial charge is 0.310 e. The second-order valence-corrected chi connectivity index (χ2v) is 3.86. The first kappa shape index (κ1) is 11.2. The van der Waals surface area contributed by atoms with E-state index in [4.69, 9.17) is 0 Å². The molecule has 4 nitrogen and oxygen atoms in total. The van der Waals surface area contributed by atoms with Crippen molar-refractivity contribution >= 4 is 0 Å². The third-order valence-electron chi connectivity index (χ3n) is 2.20. The summed E-state index contributed by atoms with van der Waals surface area (Å²) in [5.74, 6) is 2.47. The molecule has 0 aromatic carbocycles. The van der Waals surface area contributed by atoms with Crippen LogP contribution in [0.3, 0.4) is 0 Å². The fourth-order valence-electron chi connectivity index (χ4n) is 1.49. The number of aromatic amines is 1. The molecule has 0 saturated carbocycles. The van der Waals surface area contributed by atoms with E-state index >= 15 is 0 Å². The van der Waals surface area contributed by atoms with Crippen molar-refractivity contribution in [1.82, 2.24) is 20.5 Å². The summed E-state index contributed by atoms with van der Waals surface area (Å²) in [5.41, 5.74) is 0. The summed E-state index contributed by atoms with van der Waals surface area (Å²) >= 11 is 0. The lowest BCUT2D eigenvalue weighted by Gasteiger charge is -2.09. The highest BCUT2D eigenvalue weighted by molar-refractivity contribution is 4.86. The first-order valence-electron chi connectivity index (χ1n) is 5.31. The van der Waals surface area contributed by atoms with E-state index in [0.29, 0.717) is 0 Å². The van der Waals surface area contributed by atoms with Gasteiger partial charge in [-0.1, -0.05) is 20.3 Å². The van der Waals surface area contributed by atoms with Gasteiger partial charge in [0.1, 0.15) is 5.82 Å². The van der Waals surface area contributed by atoms with Gasteiger partial charge in [-0.3, -0.25) is 5.10 Å². The van der Waals surface area contributed by atoms with Crippen molar-refractivity contribution in [2.24, 2.45) is 5.92 Å². The summed E-state index contributed by atoms with van der Waals surface area (Å²) in [6, 6.07) is 0. The number of hydrogen-bond acceptors (Lipinski definition) is 3. The molecule has 0 aliphatic carbocycles. The minimum atomic E-state index is 0.736. The summed E-state index contributed by atoms with van der Waals surface area (Å²) in [4.78, 5) is 4.22. The third-order valence-corrected chi connectivity index (χ3v) is 2.20. The molecule has 0 spiro atoms. The van der Waals surface area contributed by atoms with Crippen molar-refractivity contribution < 1.29 is 0 Å². The number of nitrogens with zero attached hydrogens (tertiary/aromatic N) is 2. The summed E-state index contributed by atoms with van der Waals surface area (Å²) < 4.78 is 0. The van der Waals surface area contributed by atoms with Gasteiger partial charge in [-0.15, -0.1) is 0 Å². The highest BCUT2D eigenvalue weighted by atomic mass is 15.2. The van der Waals surface area contributed by atoms with Crippen LogP contribution in [0, 0.1) is 12.8 Å². The summed E-state index contributed by atoms with van der Waals surface area (Å²) in [5, 5.41) is 10.2. The molecule has 2 N–H and O–H groups in total. The van der Waals surface area contributed by atoms with Gasteiger partial charge in [0.15, 0.2) is 5.82 Å². The van der Waals surface area contributed by atoms with E-state index in [-0.39, 0.29) is 0 Å². The summed E-state index contributed by atoms with van der Waals surface area (Å²) in [6.45, 7) is 8.20. The number of aromatic nitrogens is 3. The molecular formula is C10H20N4. The second kappa shape index (κ2) is 5.75. The molecule has 1 unspecified atom stereocenters. The fraction of sp³-hybridized carbons (Fsp3) is 0.800. The standard InChI is InChI=1S/C10H20N4/c1-4-5-8(2)6-11-7-10-12-9(3)13-14-10/h8,11H,4-7H2,1-3H3,(H,12,13,14). The summed E-state index contributed by atoms with van der Waals surface area (Å²) in [6.07, 6.45) is 2.53. The molecule has 80 valence electrons. The Labute approximate surface area is 85.5 Å². The van der Waals surface area contributed by atoms with Gasteiger partial charge in [0.05, 0.1) is 6.54 Å². The Balaban J connectivity index is 2.15. The molecule has 14 heavy (non-hydrogen) atoms. The Morgan fingerprint density at radius 2 is 2.29 bits per heavy atom. The number of aryl methyl sites for hydroxylation is 1. The maximum Gasteiger partial charge on any atom is 0.164 e. The molecule has 0 fully saturated rings. The molecule has 1 heterocycles. The van der Waals surface area contributed by atoms with Gasteiger partial charge < -0.3 is 5.32 Å². The molecule has 4 heteroatoms. The Hall–Kier alpha value is -0.900. The van der Waals surface area contributed by atoms with Crippen molar-refractivity contribution in [1.29, 1.82) is 0 Å². The van der Waals surface area contributed by atoms with Gasteiger partial charge in [-0.25, -0.2) is 4.98 Å². The molecule has 0 amide bonds. The first-order chi connectivity index (χ1) is 6.72. The maximum absolute atomic E-state index is 4.22. The van der Waals surface area contributed by atoms with E-state index < -0.39 is 0 Å². The minimum Gasteiger partial charge on any atom is -0.310 e. The third kappa shape index (κ3) is 3.87. The first-order valence-corrected chi connectivity index (χ1v) is 5.31. The Bertz CT molecular complexity index is 256. The van der Waals surface area contributed by atoms with E-state index in [0.717, 1.165) is 30.7 Å². The zero-order chi connectivity index (χ0) is 10.4. The molecule has 0 bridgehead atoms. The van der Waals surface area contributed by atoms with Crippen LogP contribution in [0.1, 0.15) is 38.3 Å². The molecule has 1 atom stereocenters. The highest BCUT2D eigenvalue weighted by Crippen LogP contribution is 2.02. The average Bonchev–Trinajstić information content (AvgIpc) is 2.52. The molecule has 0 aliphatic rings. The Kier molecular flexibility index (Phi) is 4.59. The molecule has 1 aromatic heterocycles. The van der Waals surface area contributed by atoms with Gasteiger partial charge in [0.25, 0.3) is 0 Å². The predicted molar refractivity (Wildman–Crippen MR) is 56.9 cm³/mol. The van der Waals surface area contributed by atoms with E-state index in [2.05, 4.69) is 34.3 Å². The molecule has 0 aliphatic heterocycles. The molecule has 1 rings (SSSR count). The predicted octanol–water partition coefficient (Wildman–Crippen LogP) is 1.64. The number of H-pyrrole nitrogens is 1. The van der Waals surface area contributed by atoms with E-state index in [1.54, 1.807) is 0 Å². The lowest BCUT2D eigenvalue weighted by Crippen LogP contribution is -2.21. The van der Waals surface area contributed by atoms with Crippen LogP contribution >= 0.6 is 0 Å². The van der Waals surface area contributed by atoms with Gasteiger partial charge in [0, 0.05) is 0 Å². The van der Waals surface area contributed by atoms with E-state index in [1.165, 1.54) is 12.8 Å². The van der Waals surface area contributed by atoms with Crippen LogP contribution < -0.4 is 5.32 Å². The lowest BCUT2D eigenvalue weighted by atomic mass is 10.1. The van der Waals surface area contributed by atoms with Crippen molar-refractivity contribution in [2.45, 2.75) is 40.2 Å². The van der Waals surface area contributed by atoms with Gasteiger partial charge >= 0.3 is 0 Å². The monoisotopic (exact) mass is 196 g/mol. The Morgan fingerprint density at radius 3 is 2.86 bits per heavy atom. The number of rotatable bonds is 6. The van der Waals surface area contributed by atoms with Crippen LogP contribution in [0.2, 0.25) is 0 Å². The van der Waals surface area contributed by atoms with Crippen LogP contribution in [0.5, 0.6) is 0 Å². The number of hydrogen-bond donors (Lipinski definition) is 2. The normalized spacial score (nSPS) is 13.1. The van der Waals surface area contributed by atoms with Crippen molar-refractivity contribution in [3.8, 4) is 0 Å². The maximum atomic E-state index is 4.22. The zero-order valence-electron chi connectivity index (χ0n) is 9.30. The Morgan fingerprint density at radius 1 is 1.50 bits per heavy atom. The van der Waals surface area contributed by atoms with E-state index in [1.807, 2.05) is 6.92 Å². The smallest absolute Gasteiger partial charge is 0.164 e.